The van der Waals surface area contributed by atoms with E-state index in [4.69, 9.17) is 5.73 Å². The van der Waals surface area contributed by atoms with Crippen LogP contribution in [0.2, 0.25) is 0 Å². The molecule has 6 nitrogen and oxygen atoms in total. The molecule has 0 saturated heterocycles. The molecule has 1 aromatic heterocycles. The largest absolute Gasteiger partial charge is 0.309 e. The number of nitrogens with two attached hydrogens (primary N) is 1. The molecule has 1 atom stereocenters. The predicted octanol–water partition coefficient (Wildman–Crippen LogP) is 4.84. The van der Waals surface area contributed by atoms with Crippen LogP contribution in [0.5, 0.6) is 0 Å². The summed E-state index contributed by atoms with van der Waals surface area (Å²) >= 11 is 3.03. The zero-order chi connectivity index (χ0) is 21.7. The van der Waals surface area contributed by atoms with Crippen LogP contribution in [0.3, 0.4) is 0 Å². The Bertz CT molecular complexity index is 1070. The molecule has 8 heteroatoms. The second-order valence-electron chi connectivity index (χ2n) is 7.54. The number of ketones is 1. The number of thioether (sulfide) groups is 2. The summed E-state index contributed by atoms with van der Waals surface area (Å²) in [4.78, 5) is 14.1. The van der Waals surface area contributed by atoms with E-state index in [0.717, 1.165) is 21.8 Å². The highest BCUT2D eigenvalue weighted by Crippen LogP contribution is 2.49. The molecule has 2 aromatic carbocycles. The van der Waals surface area contributed by atoms with Gasteiger partial charge in [-0.25, -0.2) is 0 Å². The Kier molecular flexibility index (Phi) is 6.89. The van der Waals surface area contributed by atoms with Crippen molar-refractivity contribution in [2.24, 2.45) is 5.73 Å². The van der Waals surface area contributed by atoms with E-state index in [0.29, 0.717) is 17.1 Å². The zero-order valence-corrected chi connectivity index (χ0v) is 19.0. The first kappa shape index (κ1) is 21.8. The van der Waals surface area contributed by atoms with Gasteiger partial charge in [0.05, 0.1) is 0 Å². The molecule has 3 N–H and O–H groups in total. The molecule has 1 unspecified atom stereocenters. The number of carbonyl (C=O) groups is 1. The van der Waals surface area contributed by atoms with E-state index in [1.807, 2.05) is 24.3 Å². The lowest BCUT2D eigenvalue weighted by Gasteiger charge is -2.31. The number of unbranched alkanes of at least 4 members (excludes halogenated alkanes) is 2. The molecule has 0 bridgehead atoms. The molecule has 1 aliphatic heterocycles. The molecular formula is C23H25N5OS2. The average Bonchev–Trinajstić information content (AvgIpc) is 3.34. The van der Waals surface area contributed by atoms with Crippen LogP contribution in [-0.4, -0.2) is 32.2 Å². The standard InChI is InChI=1S/C23H25N5OS2/c1-2-3-4-6-16-9-11-17(12-10-16)13-14-19(29)18-7-5-8-20-21(18)31-23(24,15-30-20)22-25-27-28-26-22/h5,7-14H,2-4,6,15,24H2,1H3,(H,25,26,27,28). The van der Waals surface area contributed by atoms with E-state index in [9.17, 15) is 4.79 Å². The number of aromatic nitrogens is 4. The second-order valence-corrected chi connectivity index (χ2v) is 9.90. The first-order valence-electron chi connectivity index (χ1n) is 10.4. The maximum absolute atomic E-state index is 13.0. The summed E-state index contributed by atoms with van der Waals surface area (Å²) in [7, 11) is 0. The first-order valence-corrected chi connectivity index (χ1v) is 12.2. The van der Waals surface area contributed by atoms with Crippen molar-refractivity contribution in [2.75, 3.05) is 5.75 Å². The number of allylic oxidation sites excluding steroid dienone is 1. The van der Waals surface area contributed by atoms with Crippen LogP contribution < -0.4 is 5.73 Å². The lowest BCUT2D eigenvalue weighted by Crippen LogP contribution is -2.38. The van der Waals surface area contributed by atoms with Crippen molar-refractivity contribution in [3.63, 3.8) is 0 Å². The van der Waals surface area contributed by atoms with Gasteiger partial charge in [0, 0.05) is 21.1 Å². The lowest BCUT2D eigenvalue weighted by molar-refractivity contribution is 0.104. The molecule has 0 radical (unpaired) electrons. The fourth-order valence-corrected chi connectivity index (χ4v) is 6.03. The smallest absolute Gasteiger partial charge is 0.205 e. The number of carbonyl (C=O) groups excluding carboxylic acids is 1. The number of fused-ring (bicyclic) bond motifs is 1. The number of rotatable bonds is 8. The van der Waals surface area contributed by atoms with Gasteiger partial charge in [-0.1, -0.05) is 73.1 Å². The van der Waals surface area contributed by atoms with Crippen LogP contribution in [0.1, 0.15) is 53.5 Å². The van der Waals surface area contributed by atoms with Crippen LogP contribution in [0.25, 0.3) is 6.08 Å². The Hall–Kier alpha value is -2.42. The summed E-state index contributed by atoms with van der Waals surface area (Å²) in [5.41, 5.74) is 9.55. The van der Waals surface area contributed by atoms with Gasteiger partial charge in [-0.2, -0.15) is 5.21 Å². The van der Waals surface area contributed by atoms with Crippen molar-refractivity contribution in [1.29, 1.82) is 0 Å². The number of hydrogen-bond acceptors (Lipinski definition) is 7. The third kappa shape index (κ3) is 5.08. The Morgan fingerprint density at radius 2 is 2.06 bits per heavy atom. The van der Waals surface area contributed by atoms with Gasteiger partial charge < -0.3 is 5.73 Å². The topological polar surface area (TPSA) is 97.5 Å². The molecule has 0 fully saturated rings. The lowest BCUT2D eigenvalue weighted by atomic mass is 10.0. The fraction of sp³-hybridized carbons (Fsp3) is 0.304. The van der Waals surface area contributed by atoms with Crippen LogP contribution in [0, 0.1) is 0 Å². The molecule has 31 heavy (non-hydrogen) atoms. The predicted molar refractivity (Wildman–Crippen MR) is 126 cm³/mol. The Balaban J connectivity index is 1.50. The quantitative estimate of drug-likeness (QED) is 0.287. The first-order chi connectivity index (χ1) is 15.1. The molecule has 1 aliphatic rings. The highest BCUT2D eigenvalue weighted by Gasteiger charge is 2.39. The van der Waals surface area contributed by atoms with E-state index in [1.165, 1.54) is 36.6 Å². The zero-order valence-electron chi connectivity index (χ0n) is 17.4. The van der Waals surface area contributed by atoms with Gasteiger partial charge in [-0.05, 0) is 42.2 Å². The number of nitrogens with zero attached hydrogens (tertiary/aromatic N) is 3. The molecule has 160 valence electrons. The molecule has 3 aromatic rings. The van der Waals surface area contributed by atoms with Crippen LogP contribution in [0.4, 0.5) is 0 Å². The van der Waals surface area contributed by atoms with Gasteiger partial charge in [0.15, 0.2) is 5.78 Å². The van der Waals surface area contributed by atoms with Crippen molar-refractivity contribution in [2.45, 2.75) is 47.3 Å². The summed E-state index contributed by atoms with van der Waals surface area (Å²) in [6.07, 6.45) is 8.30. The number of tetrazole rings is 1. The highest BCUT2D eigenvalue weighted by atomic mass is 32.2. The summed E-state index contributed by atoms with van der Waals surface area (Å²) in [6, 6.07) is 14.2. The van der Waals surface area contributed by atoms with Gasteiger partial charge in [0.25, 0.3) is 0 Å². The van der Waals surface area contributed by atoms with Crippen molar-refractivity contribution in [1.82, 2.24) is 20.6 Å². The molecule has 2 heterocycles. The summed E-state index contributed by atoms with van der Waals surface area (Å²) in [5.74, 6) is 0.990. The van der Waals surface area contributed by atoms with Gasteiger partial charge in [0.1, 0.15) is 4.87 Å². The third-order valence-electron chi connectivity index (χ3n) is 5.17. The minimum absolute atomic E-state index is 0.0469. The van der Waals surface area contributed by atoms with E-state index in [1.54, 1.807) is 17.8 Å². The highest BCUT2D eigenvalue weighted by molar-refractivity contribution is 8.06. The summed E-state index contributed by atoms with van der Waals surface area (Å²) in [5, 5.41) is 14.2. The van der Waals surface area contributed by atoms with Crippen molar-refractivity contribution >= 4 is 35.4 Å². The monoisotopic (exact) mass is 451 g/mol. The number of aryl methyl sites for hydroxylation is 1. The maximum atomic E-state index is 13.0. The normalized spacial score (nSPS) is 18.3. The number of hydrogen-bond donors (Lipinski definition) is 2. The Labute approximate surface area is 190 Å². The number of nitrogens with one attached hydrogen (secondary N) is 1. The molecule has 0 saturated carbocycles. The number of aromatic amines is 1. The number of H-pyrrole nitrogens is 1. The molecule has 0 spiro atoms. The Morgan fingerprint density at radius 3 is 2.81 bits per heavy atom. The fourth-order valence-electron chi connectivity index (χ4n) is 3.41. The van der Waals surface area contributed by atoms with Crippen molar-refractivity contribution in [3.8, 4) is 0 Å². The molecule has 4 rings (SSSR count). The summed E-state index contributed by atoms with van der Waals surface area (Å²) in [6.45, 7) is 2.21. The van der Waals surface area contributed by atoms with E-state index in [-0.39, 0.29) is 5.78 Å². The van der Waals surface area contributed by atoms with Gasteiger partial charge in [-0.15, -0.1) is 22.0 Å². The van der Waals surface area contributed by atoms with Gasteiger partial charge in [-0.3, -0.25) is 4.79 Å². The second kappa shape index (κ2) is 9.80. The molecule has 0 amide bonds. The van der Waals surface area contributed by atoms with Gasteiger partial charge >= 0.3 is 0 Å². The Morgan fingerprint density at radius 1 is 1.23 bits per heavy atom. The third-order valence-corrected chi connectivity index (χ3v) is 8.07. The van der Waals surface area contributed by atoms with E-state index < -0.39 is 4.87 Å². The average molecular weight is 452 g/mol. The van der Waals surface area contributed by atoms with Crippen LogP contribution >= 0.6 is 23.5 Å². The SMILES string of the molecule is CCCCCc1ccc(C=CC(=O)c2cccc3c2SC(N)(c2nn[nH]n2)CS3)cc1. The van der Waals surface area contributed by atoms with Crippen LogP contribution in [0.15, 0.2) is 58.3 Å². The van der Waals surface area contributed by atoms with E-state index >= 15 is 0 Å². The molecular weight excluding hydrogens is 426 g/mol. The minimum atomic E-state index is -0.835. The van der Waals surface area contributed by atoms with E-state index in [2.05, 4.69) is 51.8 Å². The molecule has 0 aliphatic carbocycles. The van der Waals surface area contributed by atoms with Crippen molar-refractivity contribution < 1.29 is 4.79 Å². The number of benzene rings is 2. The van der Waals surface area contributed by atoms with Gasteiger partial charge in [0.2, 0.25) is 5.82 Å². The minimum Gasteiger partial charge on any atom is -0.309 e. The van der Waals surface area contributed by atoms with Crippen molar-refractivity contribution in [3.05, 3.63) is 71.1 Å². The summed E-state index contributed by atoms with van der Waals surface area (Å²) < 4.78 is 0. The maximum Gasteiger partial charge on any atom is 0.205 e. The van der Waals surface area contributed by atoms with Crippen LogP contribution in [-0.2, 0) is 11.3 Å².